The zero-order valence-corrected chi connectivity index (χ0v) is 13.6. The predicted molar refractivity (Wildman–Crippen MR) is 87.2 cm³/mol. The molecule has 2 saturated heterocycles. The Morgan fingerprint density at radius 2 is 1.76 bits per heavy atom. The van der Waals surface area contributed by atoms with Crippen LogP contribution in [0.5, 0.6) is 0 Å². The van der Waals surface area contributed by atoms with Gasteiger partial charge in [0.25, 0.3) is 0 Å². The average Bonchev–Trinajstić information content (AvgIpc) is 3.09. The molecule has 2 fully saturated rings. The highest BCUT2D eigenvalue weighted by Gasteiger charge is 2.45. The minimum Gasteiger partial charge on any atom is -0.372 e. The Hall–Kier alpha value is -2.25. The summed E-state index contributed by atoms with van der Waals surface area (Å²) in [5, 5.41) is 4.50. The number of amides is 2. The van der Waals surface area contributed by atoms with Crippen LogP contribution in [0.1, 0.15) is 25.7 Å². The van der Waals surface area contributed by atoms with Crippen LogP contribution < -0.4 is 15.5 Å². The van der Waals surface area contributed by atoms with Gasteiger partial charge in [0.05, 0.1) is 0 Å². The summed E-state index contributed by atoms with van der Waals surface area (Å²) in [5.41, 5.74) is 1.60. The van der Waals surface area contributed by atoms with Crippen molar-refractivity contribution in [1.82, 2.24) is 5.32 Å². The lowest BCUT2D eigenvalue weighted by atomic mass is 9.92. The van der Waals surface area contributed by atoms with Crippen molar-refractivity contribution in [3.8, 4) is 0 Å². The molecule has 2 heterocycles. The Bertz CT molecular complexity index is 640. The van der Waals surface area contributed by atoms with E-state index in [1.807, 2.05) is 17.4 Å². The van der Waals surface area contributed by atoms with Crippen LogP contribution in [0.3, 0.4) is 0 Å². The number of hydrogen-bond acceptors (Lipinski definition) is 3. The molecule has 136 valence electrons. The highest BCUT2D eigenvalue weighted by molar-refractivity contribution is 6.06. The van der Waals surface area contributed by atoms with Gasteiger partial charge in [-0.25, -0.2) is 0 Å². The van der Waals surface area contributed by atoms with E-state index in [0.717, 1.165) is 31.6 Å². The van der Waals surface area contributed by atoms with Crippen molar-refractivity contribution in [3.05, 3.63) is 24.3 Å². The van der Waals surface area contributed by atoms with E-state index in [-0.39, 0.29) is 12.8 Å². The van der Waals surface area contributed by atoms with Gasteiger partial charge in [0.2, 0.25) is 11.8 Å². The van der Waals surface area contributed by atoms with Crippen LogP contribution in [0.2, 0.25) is 0 Å². The summed E-state index contributed by atoms with van der Waals surface area (Å²) in [6, 6.07) is 5.39. The molecule has 0 aromatic heterocycles. The topological polar surface area (TPSA) is 61.4 Å². The van der Waals surface area contributed by atoms with E-state index in [4.69, 9.17) is 0 Å². The number of piperidine rings is 1. The van der Waals surface area contributed by atoms with Crippen molar-refractivity contribution in [2.75, 3.05) is 23.3 Å². The fraction of sp³-hybridized carbons (Fsp3) is 0.529. The van der Waals surface area contributed by atoms with Crippen LogP contribution >= 0.6 is 0 Å². The number of benzene rings is 1. The van der Waals surface area contributed by atoms with Crippen molar-refractivity contribution in [2.24, 2.45) is 5.92 Å². The second-order valence-electron chi connectivity index (χ2n) is 6.46. The van der Waals surface area contributed by atoms with Gasteiger partial charge in [-0.1, -0.05) is 0 Å². The summed E-state index contributed by atoms with van der Waals surface area (Å²) in [5.74, 6) is -2.55. The van der Waals surface area contributed by atoms with Crippen LogP contribution in [0, 0.1) is 5.92 Å². The standard InChI is InChI=1S/C17H20F3N3O2/c18-17(19,20)14-8-7-13(16(25)22-14)15(24)21-11-3-5-12(6-4-11)23-9-1-2-10-23/h3-6,13-14H,1-2,7-10H2,(H,21,24)(H,22,25). The summed E-state index contributed by atoms with van der Waals surface area (Å²) in [6.45, 7) is 2.02. The lowest BCUT2D eigenvalue weighted by Gasteiger charge is -2.29. The van der Waals surface area contributed by atoms with Gasteiger partial charge >= 0.3 is 6.18 Å². The molecule has 1 aromatic rings. The number of halogens is 3. The SMILES string of the molecule is O=C(Nc1ccc(N2CCCC2)cc1)C1CCC(C(F)(F)F)NC1=O. The first kappa shape index (κ1) is 17.6. The second kappa shape index (κ2) is 6.93. The van der Waals surface area contributed by atoms with Crippen LogP contribution in [-0.4, -0.2) is 37.1 Å². The number of nitrogens with one attached hydrogen (secondary N) is 2. The number of nitrogens with zero attached hydrogens (tertiary/aromatic N) is 1. The maximum absolute atomic E-state index is 12.6. The molecule has 3 rings (SSSR count). The van der Waals surface area contributed by atoms with E-state index < -0.39 is 30.0 Å². The molecule has 2 aliphatic heterocycles. The molecule has 2 N–H and O–H groups in total. The molecule has 0 saturated carbocycles. The van der Waals surface area contributed by atoms with Gasteiger partial charge in [-0.05, 0) is 49.9 Å². The number of rotatable bonds is 3. The summed E-state index contributed by atoms with van der Waals surface area (Å²) in [4.78, 5) is 26.3. The Labute approximate surface area is 143 Å². The van der Waals surface area contributed by atoms with Crippen LogP contribution in [0.4, 0.5) is 24.5 Å². The van der Waals surface area contributed by atoms with E-state index in [2.05, 4.69) is 10.2 Å². The summed E-state index contributed by atoms with van der Waals surface area (Å²) in [6.07, 6.45) is -2.57. The largest absolute Gasteiger partial charge is 0.408 e. The number of carbonyl (C=O) groups excluding carboxylic acids is 2. The first-order chi connectivity index (χ1) is 11.8. The average molecular weight is 355 g/mol. The molecular weight excluding hydrogens is 335 g/mol. The second-order valence-corrected chi connectivity index (χ2v) is 6.46. The lowest BCUT2D eigenvalue weighted by molar-refractivity contribution is -0.170. The first-order valence-corrected chi connectivity index (χ1v) is 8.37. The van der Waals surface area contributed by atoms with Crippen LogP contribution in [0.15, 0.2) is 24.3 Å². The minimum atomic E-state index is -4.48. The summed E-state index contributed by atoms with van der Waals surface area (Å²) >= 11 is 0. The van der Waals surface area contributed by atoms with Crippen molar-refractivity contribution in [2.45, 2.75) is 37.9 Å². The van der Waals surface area contributed by atoms with Crippen LogP contribution in [0.25, 0.3) is 0 Å². The molecule has 0 spiro atoms. The third-order valence-electron chi connectivity index (χ3n) is 4.69. The van der Waals surface area contributed by atoms with E-state index in [0.29, 0.717) is 5.69 Å². The van der Waals surface area contributed by atoms with Gasteiger partial charge in [-0.15, -0.1) is 0 Å². The number of alkyl halides is 3. The molecular formula is C17H20F3N3O2. The molecule has 8 heteroatoms. The third kappa shape index (κ3) is 4.05. The number of carbonyl (C=O) groups is 2. The molecule has 5 nitrogen and oxygen atoms in total. The van der Waals surface area contributed by atoms with E-state index in [9.17, 15) is 22.8 Å². The van der Waals surface area contributed by atoms with Gasteiger partial charge in [0, 0.05) is 24.5 Å². The fourth-order valence-electron chi connectivity index (χ4n) is 3.26. The van der Waals surface area contributed by atoms with Crippen molar-refractivity contribution >= 4 is 23.2 Å². The fourth-order valence-corrected chi connectivity index (χ4v) is 3.26. The molecule has 2 amide bonds. The van der Waals surface area contributed by atoms with E-state index >= 15 is 0 Å². The van der Waals surface area contributed by atoms with E-state index in [1.54, 1.807) is 12.1 Å². The highest BCUT2D eigenvalue weighted by Crippen LogP contribution is 2.29. The van der Waals surface area contributed by atoms with Gasteiger partial charge in [-0.2, -0.15) is 13.2 Å². The number of anilines is 2. The molecule has 1 aromatic carbocycles. The molecule has 0 bridgehead atoms. The molecule has 0 aliphatic carbocycles. The van der Waals surface area contributed by atoms with Gasteiger partial charge in [0.15, 0.2) is 0 Å². The first-order valence-electron chi connectivity index (χ1n) is 8.37. The Kier molecular flexibility index (Phi) is 4.87. The van der Waals surface area contributed by atoms with Gasteiger partial charge in [-0.3, -0.25) is 9.59 Å². The Balaban J connectivity index is 1.58. The maximum atomic E-state index is 12.6. The lowest BCUT2D eigenvalue weighted by Crippen LogP contribution is -2.53. The van der Waals surface area contributed by atoms with Crippen molar-refractivity contribution < 1.29 is 22.8 Å². The zero-order chi connectivity index (χ0) is 18.0. The summed E-state index contributed by atoms with van der Waals surface area (Å²) < 4.78 is 37.9. The zero-order valence-electron chi connectivity index (χ0n) is 13.6. The monoisotopic (exact) mass is 355 g/mol. The van der Waals surface area contributed by atoms with E-state index in [1.165, 1.54) is 0 Å². The molecule has 2 atom stereocenters. The van der Waals surface area contributed by atoms with Crippen molar-refractivity contribution in [3.63, 3.8) is 0 Å². The van der Waals surface area contributed by atoms with Gasteiger partial charge in [0.1, 0.15) is 12.0 Å². The Morgan fingerprint density at radius 1 is 1.12 bits per heavy atom. The normalized spacial score (nSPS) is 24.1. The van der Waals surface area contributed by atoms with Crippen LogP contribution in [-0.2, 0) is 9.59 Å². The third-order valence-corrected chi connectivity index (χ3v) is 4.69. The molecule has 2 unspecified atom stereocenters. The number of hydrogen-bond donors (Lipinski definition) is 2. The van der Waals surface area contributed by atoms with Gasteiger partial charge < -0.3 is 15.5 Å². The summed E-state index contributed by atoms with van der Waals surface area (Å²) in [7, 11) is 0. The minimum absolute atomic E-state index is 0.117. The molecule has 2 aliphatic rings. The predicted octanol–water partition coefficient (Wildman–Crippen LogP) is 2.68. The molecule has 25 heavy (non-hydrogen) atoms. The smallest absolute Gasteiger partial charge is 0.372 e. The maximum Gasteiger partial charge on any atom is 0.408 e. The molecule has 0 radical (unpaired) electrons. The highest BCUT2D eigenvalue weighted by atomic mass is 19.4. The Morgan fingerprint density at radius 3 is 2.32 bits per heavy atom. The quantitative estimate of drug-likeness (QED) is 0.820. The van der Waals surface area contributed by atoms with Crippen molar-refractivity contribution in [1.29, 1.82) is 0 Å².